The van der Waals surface area contributed by atoms with Crippen LogP contribution in [0.4, 0.5) is 0 Å². The molecule has 0 amide bonds. The first-order chi connectivity index (χ1) is 6.76. The van der Waals surface area contributed by atoms with Crippen LogP contribution in [-0.2, 0) is 14.3 Å². The van der Waals surface area contributed by atoms with Gasteiger partial charge in [0.05, 0.1) is 7.11 Å². The maximum atomic E-state index is 5.32. The monoisotopic (exact) mass is 196 g/mol. The van der Waals surface area contributed by atoms with Gasteiger partial charge in [0.2, 0.25) is 0 Å². The van der Waals surface area contributed by atoms with E-state index in [0.29, 0.717) is 5.75 Å². The first-order valence-corrected chi connectivity index (χ1v) is 4.22. The van der Waals surface area contributed by atoms with Crippen molar-refractivity contribution in [3.63, 3.8) is 0 Å². The number of hydrogen-bond donors (Lipinski definition) is 0. The average molecular weight is 196 g/mol. The van der Waals surface area contributed by atoms with Crippen LogP contribution in [0.15, 0.2) is 24.3 Å². The minimum absolute atomic E-state index is 0.675. The number of aryl methyl sites for hydroxylation is 1. The van der Waals surface area contributed by atoms with Gasteiger partial charge in [0, 0.05) is 7.11 Å². The molecule has 0 N–H and O–H groups in total. The third-order valence-corrected chi connectivity index (χ3v) is 1.59. The lowest BCUT2D eigenvalue weighted by Gasteiger charge is -2.10. The molecule has 0 aliphatic rings. The van der Waals surface area contributed by atoms with E-state index in [0.717, 1.165) is 5.56 Å². The van der Waals surface area contributed by atoms with Crippen molar-refractivity contribution in [2.45, 2.75) is 6.92 Å². The zero-order valence-corrected chi connectivity index (χ0v) is 8.52. The predicted molar refractivity (Wildman–Crippen MR) is 52.7 cm³/mol. The Morgan fingerprint density at radius 1 is 1.21 bits per heavy atom. The van der Waals surface area contributed by atoms with E-state index in [2.05, 4.69) is 4.89 Å². The topological polar surface area (TPSA) is 36.9 Å². The lowest BCUT2D eigenvalue weighted by Crippen LogP contribution is -2.28. The fraction of sp³-hybridized carbons (Fsp3) is 0.333. The highest BCUT2D eigenvalue weighted by Gasteiger charge is 2.23. The summed E-state index contributed by atoms with van der Waals surface area (Å²) in [6.45, 7) is 1.98. The first-order valence-electron chi connectivity index (χ1n) is 4.22. The molecule has 0 atom stereocenters. The Morgan fingerprint density at radius 2 is 2.00 bits per heavy atom. The molecule has 1 aromatic carbocycles. The van der Waals surface area contributed by atoms with Crippen molar-refractivity contribution in [1.29, 1.82) is 0 Å². The third kappa shape index (κ3) is 3.37. The van der Waals surface area contributed by atoms with Crippen molar-refractivity contribution < 1.29 is 19.0 Å². The maximum Gasteiger partial charge on any atom is 0.741 e. The lowest BCUT2D eigenvalue weighted by molar-refractivity contribution is -0.208. The maximum absolute atomic E-state index is 5.32. The minimum Gasteiger partial charge on any atom is -0.510 e. The predicted octanol–water partition coefficient (Wildman–Crippen LogP) is 1.58. The highest BCUT2D eigenvalue weighted by molar-refractivity contribution is 6.37. The van der Waals surface area contributed by atoms with Gasteiger partial charge in [-0.25, -0.2) is 9.69 Å². The van der Waals surface area contributed by atoms with Crippen LogP contribution in [0.5, 0.6) is 5.75 Å². The van der Waals surface area contributed by atoms with E-state index >= 15 is 0 Å². The summed E-state index contributed by atoms with van der Waals surface area (Å²) in [5.74, 6) is 0.675. The quantitative estimate of drug-likeness (QED) is 0.407. The van der Waals surface area contributed by atoms with E-state index in [4.69, 9.17) is 14.1 Å². The number of hydrogen-bond acceptors (Lipinski definition) is 4. The Balaban J connectivity index is 2.57. The van der Waals surface area contributed by atoms with Gasteiger partial charge in [-0.05, 0) is 24.6 Å². The van der Waals surface area contributed by atoms with E-state index < -0.39 is 7.32 Å². The second kappa shape index (κ2) is 5.64. The molecule has 0 aromatic heterocycles. The Morgan fingerprint density at radius 3 is 2.57 bits per heavy atom. The summed E-state index contributed by atoms with van der Waals surface area (Å²) in [5, 5.41) is 0. The van der Waals surface area contributed by atoms with Gasteiger partial charge in [0.1, 0.15) is 5.75 Å². The molecule has 0 aliphatic carbocycles. The highest BCUT2D eigenvalue weighted by Crippen LogP contribution is 2.13. The van der Waals surface area contributed by atoms with E-state index in [1.807, 2.05) is 31.2 Å². The number of rotatable bonds is 5. The van der Waals surface area contributed by atoms with Gasteiger partial charge in [-0.2, -0.15) is 0 Å². The van der Waals surface area contributed by atoms with Crippen LogP contribution in [0.3, 0.4) is 0 Å². The van der Waals surface area contributed by atoms with Gasteiger partial charge in [0.25, 0.3) is 0 Å². The fourth-order valence-electron chi connectivity index (χ4n) is 0.985. The summed E-state index contributed by atoms with van der Waals surface area (Å²) in [5.41, 5.74) is 1.11. The van der Waals surface area contributed by atoms with Crippen LogP contribution in [0.2, 0.25) is 0 Å². The van der Waals surface area contributed by atoms with Crippen molar-refractivity contribution in [1.82, 2.24) is 0 Å². The summed E-state index contributed by atoms with van der Waals surface area (Å²) in [7, 11) is 2.02. The summed E-state index contributed by atoms with van der Waals surface area (Å²) in [6, 6.07) is 7.57. The molecule has 14 heavy (non-hydrogen) atoms. The molecule has 0 spiro atoms. The van der Waals surface area contributed by atoms with Gasteiger partial charge in [0.15, 0.2) is 0 Å². The SMILES string of the molecule is COOB(OC)Oc1cccc(C)c1. The largest absolute Gasteiger partial charge is 0.741 e. The van der Waals surface area contributed by atoms with Crippen molar-refractivity contribution in [2.24, 2.45) is 0 Å². The lowest BCUT2D eigenvalue weighted by atomic mass is 10.2. The van der Waals surface area contributed by atoms with E-state index in [1.165, 1.54) is 14.2 Å². The first kappa shape index (κ1) is 11.0. The molecule has 76 valence electrons. The Labute approximate surface area is 83.8 Å². The smallest absolute Gasteiger partial charge is 0.510 e. The highest BCUT2D eigenvalue weighted by atomic mass is 17.2. The van der Waals surface area contributed by atoms with Crippen LogP contribution in [-0.4, -0.2) is 21.5 Å². The Bertz CT molecular complexity index is 279. The van der Waals surface area contributed by atoms with Crippen LogP contribution in [0.25, 0.3) is 0 Å². The van der Waals surface area contributed by atoms with Crippen molar-refractivity contribution >= 4 is 7.32 Å². The van der Waals surface area contributed by atoms with Gasteiger partial charge >= 0.3 is 7.32 Å². The zero-order valence-electron chi connectivity index (χ0n) is 8.52. The van der Waals surface area contributed by atoms with Crippen molar-refractivity contribution in [3.8, 4) is 5.75 Å². The Kier molecular flexibility index (Phi) is 4.45. The van der Waals surface area contributed by atoms with Crippen LogP contribution >= 0.6 is 0 Å². The normalized spacial score (nSPS) is 9.93. The van der Waals surface area contributed by atoms with Crippen molar-refractivity contribution in [2.75, 3.05) is 14.2 Å². The molecule has 0 bridgehead atoms. The molecular weight excluding hydrogens is 183 g/mol. The van der Waals surface area contributed by atoms with Crippen molar-refractivity contribution in [3.05, 3.63) is 29.8 Å². The molecule has 0 radical (unpaired) electrons. The Hall–Kier alpha value is -1.04. The summed E-state index contributed by atoms with van der Waals surface area (Å²) < 4.78 is 10.2. The fourth-order valence-corrected chi connectivity index (χ4v) is 0.985. The van der Waals surface area contributed by atoms with Gasteiger partial charge in [-0.15, -0.1) is 0 Å². The summed E-state index contributed by atoms with van der Waals surface area (Å²) in [4.78, 5) is 9.14. The van der Waals surface area contributed by atoms with Crippen LogP contribution in [0, 0.1) is 6.92 Å². The second-order valence-electron chi connectivity index (χ2n) is 2.72. The van der Waals surface area contributed by atoms with Crippen LogP contribution in [0.1, 0.15) is 5.56 Å². The molecule has 0 saturated carbocycles. The molecule has 0 fully saturated rings. The molecular formula is C9H13BO4. The molecule has 5 heteroatoms. The minimum atomic E-state index is -0.846. The number of benzene rings is 1. The molecule has 0 saturated heterocycles. The molecule has 0 aliphatic heterocycles. The van der Waals surface area contributed by atoms with Gasteiger partial charge in [-0.3, -0.25) is 0 Å². The molecule has 4 nitrogen and oxygen atoms in total. The third-order valence-electron chi connectivity index (χ3n) is 1.59. The van der Waals surface area contributed by atoms with E-state index in [1.54, 1.807) is 0 Å². The molecule has 0 heterocycles. The summed E-state index contributed by atoms with van der Waals surface area (Å²) in [6.07, 6.45) is 0. The second-order valence-corrected chi connectivity index (χ2v) is 2.72. The van der Waals surface area contributed by atoms with Gasteiger partial charge in [-0.1, -0.05) is 12.1 Å². The zero-order chi connectivity index (χ0) is 10.4. The standard InChI is InChI=1S/C9H13BO4/c1-8-5-4-6-9(7-8)13-10(11-2)14-12-3/h4-7H,1-3H3. The van der Waals surface area contributed by atoms with E-state index in [-0.39, 0.29) is 0 Å². The van der Waals surface area contributed by atoms with Gasteiger partial charge < -0.3 is 9.31 Å². The molecule has 1 rings (SSSR count). The molecule has 0 unspecified atom stereocenters. The average Bonchev–Trinajstić information content (AvgIpc) is 2.17. The summed E-state index contributed by atoms with van der Waals surface area (Å²) >= 11 is 0. The van der Waals surface area contributed by atoms with E-state index in [9.17, 15) is 0 Å². The van der Waals surface area contributed by atoms with Crippen LogP contribution < -0.4 is 4.65 Å². The molecule has 1 aromatic rings.